The normalized spacial score (nSPS) is 13.8. The number of hydrogen-bond donors (Lipinski definition) is 2. The van der Waals surface area contributed by atoms with Gasteiger partial charge in [0.2, 0.25) is 0 Å². The molecule has 0 rings (SSSR count). The van der Waals surface area contributed by atoms with Crippen LogP contribution in [0.2, 0.25) is 25.7 Å². The summed E-state index contributed by atoms with van der Waals surface area (Å²) in [5.74, 6) is -0.366. The van der Waals surface area contributed by atoms with Crippen molar-refractivity contribution in [1.82, 2.24) is 5.32 Å². The van der Waals surface area contributed by atoms with Gasteiger partial charge in [0.05, 0.1) is 13.2 Å². The molecular formula is C17H35N3O5Si. The Labute approximate surface area is 158 Å². The summed E-state index contributed by atoms with van der Waals surface area (Å²) >= 11 is 0. The number of ether oxygens (including phenoxy) is 4. The van der Waals surface area contributed by atoms with Crippen LogP contribution in [0.1, 0.15) is 6.92 Å². The highest BCUT2D eigenvalue weighted by atomic mass is 28.3. The van der Waals surface area contributed by atoms with Crippen molar-refractivity contribution in [1.29, 1.82) is 0 Å². The number of amides is 1. The molecule has 0 aliphatic rings. The molecule has 0 aliphatic carbocycles. The van der Waals surface area contributed by atoms with E-state index in [9.17, 15) is 4.79 Å². The van der Waals surface area contributed by atoms with Gasteiger partial charge >= 0.3 is 0 Å². The van der Waals surface area contributed by atoms with Gasteiger partial charge in [0, 0.05) is 47.3 Å². The van der Waals surface area contributed by atoms with Crippen LogP contribution in [0.5, 0.6) is 0 Å². The Balaban J connectivity index is 5.02. The summed E-state index contributed by atoms with van der Waals surface area (Å²) < 4.78 is 20.7. The molecule has 3 N–H and O–H groups in total. The SMILES string of the molecule is COCC(N)=C(C)C(=NCOCC[Si](C)(C)C)C(=O)NCC(OC)OC. The molecule has 0 aromatic carbocycles. The Morgan fingerprint density at radius 2 is 1.81 bits per heavy atom. The number of carbonyl (C=O) groups excluding carboxylic acids is 1. The minimum Gasteiger partial charge on any atom is -0.400 e. The molecule has 1 amide bonds. The maximum Gasteiger partial charge on any atom is 0.270 e. The fourth-order valence-electron chi connectivity index (χ4n) is 1.85. The summed E-state index contributed by atoms with van der Waals surface area (Å²) in [7, 11) is 3.38. The number of carbonyl (C=O) groups is 1. The van der Waals surface area contributed by atoms with Crippen molar-refractivity contribution in [3.05, 3.63) is 11.3 Å². The molecule has 0 radical (unpaired) electrons. The summed E-state index contributed by atoms with van der Waals surface area (Å²) in [4.78, 5) is 16.8. The molecule has 0 unspecified atom stereocenters. The minimum atomic E-state index is -1.17. The fourth-order valence-corrected chi connectivity index (χ4v) is 2.61. The van der Waals surface area contributed by atoms with Crippen molar-refractivity contribution < 1.29 is 23.7 Å². The van der Waals surface area contributed by atoms with Gasteiger partial charge in [-0.05, 0) is 13.0 Å². The van der Waals surface area contributed by atoms with E-state index in [2.05, 4.69) is 30.0 Å². The molecule has 0 aliphatic heterocycles. The lowest BCUT2D eigenvalue weighted by atomic mass is 10.1. The second-order valence-corrected chi connectivity index (χ2v) is 12.7. The van der Waals surface area contributed by atoms with E-state index in [1.807, 2.05) is 0 Å². The van der Waals surface area contributed by atoms with Crippen LogP contribution in [0.3, 0.4) is 0 Å². The molecular weight excluding hydrogens is 354 g/mol. The number of nitrogens with two attached hydrogens (primary N) is 1. The zero-order valence-corrected chi connectivity index (χ0v) is 18.2. The van der Waals surface area contributed by atoms with Gasteiger partial charge in [-0.2, -0.15) is 0 Å². The lowest BCUT2D eigenvalue weighted by Gasteiger charge is -2.16. The van der Waals surface area contributed by atoms with Gasteiger partial charge in [0.1, 0.15) is 12.4 Å². The lowest BCUT2D eigenvalue weighted by Crippen LogP contribution is -2.39. The van der Waals surface area contributed by atoms with E-state index >= 15 is 0 Å². The monoisotopic (exact) mass is 389 g/mol. The third kappa shape index (κ3) is 10.7. The standard InChI is InChI=1S/C17H35N3O5Si/c1-13(14(18)11-22-2)16(17(21)19-10-15(23-3)24-4)20-12-25-8-9-26(5,6)7/h15H,8-12,18H2,1-7H3,(H,19,21). The van der Waals surface area contributed by atoms with Gasteiger partial charge in [0.25, 0.3) is 5.91 Å². The topological polar surface area (TPSA) is 104 Å². The molecule has 0 aromatic rings. The summed E-state index contributed by atoms with van der Waals surface area (Å²) in [5.41, 5.74) is 7.20. The van der Waals surface area contributed by atoms with Crippen LogP contribution in [0.25, 0.3) is 0 Å². The summed E-state index contributed by atoms with van der Waals surface area (Å²) in [6, 6.07) is 1.04. The molecule has 9 heteroatoms. The number of hydrogen-bond acceptors (Lipinski definition) is 7. The molecule has 152 valence electrons. The molecule has 0 fully saturated rings. The lowest BCUT2D eigenvalue weighted by molar-refractivity contribution is -0.121. The van der Waals surface area contributed by atoms with Crippen LogP contribution >= 0.6 is 0 Å². The van der Waals surface area contributed by atoms with E-state index in [1.54, 1.807) is 6.92 Å². The van der Waals surface area contributed by atoms with Crippen molar-refractivity contribution in [2.75, 3.05) is 47.8 Å². The Morgan fingerprint density at radius 3 is 2.31 bits per heavy atom. The third-order valence-electron chi connectivity index (χ3n) is 3.62. The maximum atomic E-state index is 12.5. The Kier molecular flexibility index (Phi) is 12.4. The van der Waals surface area contributed by atoms with E-state index in [0.717, 1.165) is 6.04 Å². The van der Waals surface area contributed by atoms with Gasteiger partial charge in [-0.1, -0.05) is 19.6 Å². The van der Waals surface area contributed by atoms with Crippen LogP contribution in [-0.4, -0.2) is 73.8 Å². The van der Waals surface area contributed by atoms with Crippen LogP contribution in [0.4, 0.5) is 0 Å². The van der Waals surface area contributed by atoms with Gasteiger partial charge in [-0.15, -0.1) is 0 Å². The predicted molar refractivity (Wildman–Crippen MR) is 106 cm³/mol. The molecule has 0 spiro atoms. The van der Waals surface area contributed by atoms with Crippen molar-refractivity contribution in [2.45, 2.75) is 38.9 Å². The minimum absolute atomic E-state index is 0.100. The van der Waals surface area contributed by atoms with Crippen molar-refractivity contribution in [3.63, 3.8) is 0 Å². The Bertz CT molecular complexity index is 485. The highest BCUT2D eigenvalue weighted by molar-refractivity contribution is 6.76. The van der Waals surface area contributed by atoms with E-state index in [-0.39, 0.29) is 31.5 Å². The summed E-state index contributed by atoms with van der Waals surface area (Å²) in [5, 5.41) is 2.73. The molecule has 8 nitrogen and oxygen atoms in total. The van der Waals surface area contributed by atoms with Gasteiger partial charge in [-0.25, -0.2) is 0 Å². The Hall–Kier alpha value is -1.26. The number of rotatable bonds is 13. The third-order valence-corrected chi connectivity index (χ3v) is 5.32. The summed E-state index contributed by atoms with van der Waals surface area (Å²) in [6.45, 7) is 9.70. The first-order valence-electron chi connectivity index (χ1n) is 8.56. The Morgan fingerprint density at radius 1 is 1.19 bits per heavy atom. The van der Waals surface area contributed by atoms with Gasteiger partial charge in [0.15, 0.2) is 6.29 Å². The number of nitrogens with zero attached hydrogens (tertiary/aromatic N) is 1. The first-order chi connectivity index (χ1) is 12.2. The summed E-state index contributed by atoms with van der Waals surface area (Å²) in [6.07, 6.45) is -0.534. The van der Waals surface area contributed by atoms with E-state index < -0.39 is 14.4 Å². The molecule has 0 aromatic heterocycles. The van der Waals surface area contributed by atoms with E-state index in [1.165, 1.54) is 21.3 Å². The van der Waals surface area contributed by atoms with Crippen molar-refractivity contribution >= 4 is 19.7 Å². The van der Waals surface area contributed by atoms with Crippen molar-refractivity contribution in [3.8, 4) is 0 Å². The number of methoxy groups -OCH3 is 3. The van der Waals surface area contributed by atoms with Gasteiger partial charge < -0.3 is 30.0 Å². The van der Waals surface area contributed by atoms with Crippen LogP contribution in [0, 0.1) is 0 Å². The maximum absolute atomic E-state index is 12.5. The molecule has 0 heterocycles. The average molecular weight is 390 g/mol. The second kappa shape index (κ2) is 13.0. The largest absolute Gasteiger partial charge is 0.400 e. The van der Waals surface area contributed by atoms with E-state index in [4.69, 9.17) is 24.7 Å². The van der Waals surface area contributed by atoms with Gasteiger partial charge in [-0.3, -0.25) is 9.79 Å². The van der Waals surface area contributed by atoms with Crippen LogP contribution in [0.15, 0.2) is 16.3 Å². The van der Waals surface area contributed by atoms with E-state index in [0.29, 0.717) is 17.9 Å². The zero-order valence-electron chi connectivity index (χ0n) is 17.2. The molecule has 0 atom stereocenters. The van der Waals surface area contributed by atoms with Crippen LogP contribution in [-0.2, 0) is 23.7 Å². The molecule has 0 bridgehead atoms. The smallest absolute Gasteiger partial charge is 0.270 e. The molecule has 26 heavy (non-hydrogen) atoms. The number of nitrogens with one attached hydrogen (secondary N) is 1. The predicted octanol–water partition coefficient (Wildman–Crippen LogP) is 1.35. The molecule has 0 saturated carbocycles. The highest BCUT2D eigenvalue weighted by Gasteiger charge is 2.18. The number of aliphatic imine (C=N–C) groups is 1. The zero-order chi connectivity index (χ0) is 20.2. The highest BCUT2D eigenvalue weighted by Crippen LogP contribution is 2.08. The second-order valence-electron chi connectivity index (χ2n) is 7.05. The van der Waals surface area contributed by atoms with Crippen molar-refractivity contribution in [2.24, 2.45) is 10.7 Å². The quantitative estimate of drug-likeness (QED) is 0.213. The van der Waals surface area contributed by atoms with Crippen LogP contribution < -0.4 is 11.1 Å². The molecule has 0 saturated heterocycles. The average Bonchev–Trinajstić information content (AvgIpc) is 2.57. The fraction of sp³-hybridized carbons (Fsp3) is 0.765. The first-order valence-corrected chi connectivity index (χ1v) is 12.3. The first kappa shape index (κ1) is 24.7.